The van der Waals surface area contributed by atoms with Gasteiger partial charge in [-0.3, -0.25) is 4.90 Å². The van der Waals surface area contributed by atoms with E-state index in [-0.39, 0.29) is 0 Å². The smallest absolute Gasteiger partial charge is 0.0599 e. The van der Waals surface area contributed by atoms with Crippen molar-refractivity contribution in [2.45, 2.75) is 38.0 Å². The minimum Gasteiger partial charge on any atom is -0.381 e. The van der Waals surface area contributed by atoms with Crippen LogP contribution in [0.1, 0.15) is 30.7 Å². The number of nitrogens with zero attached hydrogens (tertiary/aromatic N) is 1. The molecule has 1 aromatic heterocycles. The molecule has 21 heavy (non-hydrogen) atoms. The number of benzene rings is 1. The van der Waals surface area contributed by atoms with E-state index in [4.69, 9.17) is 10.5 Å². The third-order valence-corrected chi connectivity index (χ3v) is 5.96. The predicted molar refractivity (Wildman–Crippen MR) is 89.8 cm³/mol. The summed E-state index contributed by atoms with van der Waals surface area (Å²) in [5.74, 6) is 0. The minimum absolute atomic E-state index is 0.365. The monoisotopic (exact) mass is 304 g/mol. The van der Waals surface area contributed by atoms with Crippen molar-refractivity contribution in [2.24, 2.45) is 5.73 Å². The number of thiophene rings is 1. The van der Waals surface area contributed by atoms with Gasteiger partial charge in [0.25, 0.3) is 0 Å². The number of piperidine rings is 1. The second-order valence-corrected chi connectivity index (χ2v) is 6.99. The Morgan fingerprint density at radius 3 is 2.95 bits per heavy atom. The molecule has 0 aliphatic carbocycles. The summed E-state index contributed by atoms with van der Waals surface area (Å²) in [4.78, 5) is 3.99. The molecule has 2 aromatic rings. The first-order chi connectivity index (χ1) is 10.2. The molecule has 1 saturated heterocycles. The Hall–Kier alpha value is -0.940. The Labute approximate surface area is 130 Å². The molecule has 0 radical (unpaired) electrons. The maximum atomic E-state index is 6.01. The number of nitrogens with two attached hydrogens (primary N) is 1. The zero-order valence-electron chi connectivity index (χ0n) is 12.8. The molecule has 0 saturated carbocycles. The van der Waals surface area contributed by atoms with Gasteiger partial charge in [-0.1, -0.05) is 18.2 Å². The third kappa shape index (κ3) is 2.99. The number of methoxy groups -OCH3 is 1. The lowest BCUT2D eigenvalue weighted by Crippen LogP contribution is -2.49. The zero-order chi connectivity index (χ0) is 14.8. The Kier molecular flexibility index (Phi) is 4.60. The first kappa shape index (κ1) is 15.0. The summed E-state index contributed by atoms with van der Waals surface area (Å²) in [6.45, 7) is 4.07. The third-order valence-electron chi connectivity index (χ3n) is 4.67. The summed E-state index contributed by atoms with van der Waals surface area (Å²) in [5, 5.41) is 1.35. The van der Waals surface area contributed by atoms with Gasteiger partial charge < -0.3 is 10.5 Å². The highest BCUT2D eigenvalue weighted by atomic mass is 32.1. The second kappa shape index (κ2) is 6.44. The van der Waals surface area contributed by atoms with Crippen LogP contribution in [0.2, 0.25) is 0 Å². The number of fused-ring (bicyclic) bond motifs is 1. The molecular weight excluding hydrogens is 280 g/mol. The molecule has 1 aliphatic rings. The fraction of sp³-hybridized carbons (Fsp3) is 0.529. The van der Waals surface area contributed by atoms with Crippen LogP contribution in [0, 0.1) is 0 Å². The summed E-state index contributed by atoms with van der Waals surface area (Å²) >= 11 is 1.90. The van der Waals surface area contributed by atoms with Gasteiger partial charge in [0.1, 0.15) is 0 Å². The van der Waals surface area contributed by atoms with Crippen LogP contribution in [0.25, 0.3) is 10.1 Å². The molecule has 1 fully saturated rings. The number of likely N-dealkylation sites (tertiary alicyclic amines) is 1. The van der Waals surface area contributed by atoms with E-state index >= 15 is 0 Å². The molecule has 1 aromatic carbocycles. The normalized spacial score (nSPS) is 25.3. The lowest BCUT2D eigenvalue weighted by atomic mass is 9.97. The van der Waals surface area contributed by atoms with Gasteiger partial charge in [-0.15, -0.1) is 11.3 Å². The van der Waals surface area contributed by atoms with Crippen molar-refractivity contribution < 1.29 is 4.74 Å². The summed E-state index contributed by atoms with van der Waals surface area (Å²) in [6.07, 6.45) is 2.51. The highest BCUT2D eigenvalue weighted by molar-refractivity contribution is 7.19. The maximum absolute atomic E-state index is 6.01. The van der Waals surface area contributed by atoms with Gasteiger partial charge in [-0.25, -0.2) is 0 Å². The predicted octanol–water partition coefficient (Wildman–Crippen LogP) is 3.40. The lowest BCUT2D eigenvalue weighted by molar-refractivity contribution is -0.00106. The van der Waals surface area contributed by atoms with E-state index in [1.165, 1.54) is 15.0 Å². The molecule has 0 spiro atoms. The van der Waals surface area contributed by atoms with E-state index < -0.39 is 0 Å². The Balaban J connectivity index is 1.81. The molecule has 4 heteroatoms. The van der Waals surface area contributed by atoms with E-state index in [0.717, 1.165) is 19.4 Å². The SMILES string of the molecule is COC1CCN(C(C)c2cc3ccccc3s2)C(CN)C1. The molecule has 3 atom stereocenters. The lowest BCUT2D eigenvalue weighted by Gasteiger charge is -2.41. The van der Waals surface area contributed by atoms with Gasteiger partial charge in [0.05, 0.1) is 6.10 Å². The van der Waals surface area contributed by atoms with Crippen molar-refractivity contribution in [3.05, 3.63) is 35.2 Å². The first-order valence-electron chi connectivity index (χ1n) is 7.70. The highest BCUT2D eigenvalue weighted by Crippen LogP contribution is 2.35. The van der Waals surface area contributed by atoms with Crippen LogP contribution in [-0.2, 0) is 4.74 Å². The van der Waals surface area contributed by atoms with Crippen LogP contribution in [0.3, 0.4) is 0 Å². The van der Waals surface area contributed by atoms with Crippen molar-refractivity contribution >= 4 is 21.4 Å². The molecule has 2 N–H and O–H groups in total. The second-order valence-electron chi connectivity index (χ2n) is 5.87. The Bertz CT molecular complexity index is 564. The summed E-state index contributed by atoms with van der Waals surface area (Å²) in [6, 6.07) is 11.8. The van der Waals surface area contributed by atoms with Crippen molar-refractivity contribution in [3.8, 4) is 0 Å². The van der Waals surface area contributed by atoms with Gasteiger partial charge in [0.2, 0.25) is 0 Å². The van der Waals surface area contributed by atoms with Crippen LogP contribution in [0.4, 0.5) is 0 Å². The quantitative estimate of drug-likeness (QED) is 0.941. The summed E-state index contributed by atoms with van der Waals surface area (Å²) < 4.78 is 6.90. The molecule has 1 aliphatic heterocycles. The van der Waals surface area contributed by atoms with E-state index in [1.54, 1.807) is 0 Å². The summed E-state index contributed by atoms with van der Waals surface area (Å²) in [5.41, 5.74) is 6.01. The molecule has 0 amide bonds. The van der Waals surface area contributed by atoms with E-state index in [2.05, 4.69) is 42.2 Å². The van der Waals surface area contributed by atoms with E-state index in [0.29, 0.717) is 24.7 Å². The van der Waals surface area contributed by atoms with Gasteiger partial charge in [-0.2, -0.15) is 0 Å². The molecule has 114 valence electrons. The molecule has 3 nitrogen and oxygen atoms in total. The molecule has 2 heterocycles. The Morgan fingerprint density at radius 1 is 1.43 bits per heavy atom. The number of ether oxygens (including phenoxy) is 1. The highest BCUT2D eigenvalue weighted by Gasteiger charge is 2.31. The first-order valence-corrected chi connectivity index (χ1v) is 8.51. The van der Waals surface area contributed by atoms with E-state index in [1.807, 2.05) is 18.4 Å². The average molecular weight is 304 g/mol. The standard InChI is InChI=1S/C17H24N2OS/c1-12(17-9-13-5-3-4-6-16(13)21-17)19-8-7-15(20-2)10-14(19)11-18/h3-6,9,12,14-15H,7-8,10-11,18H2,1-2H3. The molecule has 0 bridgehead atoms. The fourth-order valence-corrected chi connectivity index (χ4v) is 4.50. The van der Waals surface area contributed by atoms with Crippen molar-refractivity contribution in [1.82, 2.24) is 4.90 Å². The summed E-state index contributed by atoms with van der Waals surface area (Å²) in [7, 11) is 1.81. The van der Waals surface area contributed by atoms with Gasteiger partial charge in [-0.05, 0) is 37.3 Å². The van der Waals surface area contributed by atoms with Crippen molar-refractivity contribution in [1.29, 1.82) is 0 Å². The van der Waals surface area contributed by atoms with Crippen molar-refractivity contribution in [3.63, 3.8) is 0 Å². The zero-order valence-corrected chi connectivity index (χ0v) is 13.6. The molecule has 3 rings (SSSR count). The van der Waals surface area contributed by atoms with Crippen LogP contribution in [-0.4, -0.2) is 37.2 Å². The maximum Gasteiger partial charge on any atom is 0.0599 e. The van der Waals surface area contributed by atoms with E-state index in [9.17, 15) is 0 Å². The average Bonchev–Trinajstić information content (AvgIpc) is 2.97. The van der Waals surface area contributed by atoms with Crippen LogP contribution < -0.4 is 5.73 Å². The number of hydrogen-bond donors (Lipinski definition) is 1. The largest absolute Gasteiger partial charge is 0.381 e. The Morgan fingerprint density at radius 2 is 2.24 bits per heavy atom. The number of hydrogen-bond acceptors (Lipinski definition) is 4. The topological polar surface area (TPSA) is 38.5 Å². The van der Waals surface area contributed by atoms with Gasteiger partial charge in [0.15, 0.2) is 0 Å². The van der Waals surface area contributed by atoms with Crippen molar-refractivity contribution in [2.75, 3.05) is 20.2 Å². The fourth-order valence-electron chi connectivity index (χ4n) is 3.36. The minimum atomic E-state index is 0.365. The van der Waals surface area contributed by atoms with Crippen LogP contribution in [0.5, 0.6) is 0 Å². The molecular formula is C17H24N2OS. The van der Waals surface area contributed by atoms with Gasteiger partial charge in [0, 0.05) is 41.9 Å². The van der Waals surface area contributed by atoms with Crippen LogP contribution >= 0.6 is 11.3 Å². The van der Waals surface area contributed by atoms with Gasteiger partial charge >= 0.3 is 0 Å². The van der Waals surface area contributed by atoms with Crippen LogP contribution in [0.15, 0.2) is 30.3 Å². The molecule has 3 unspecified atom stereocenters. The number of rotatable bonds is 4.